The summed E-state index contributed by atoms with van der Waals surface area (Å²) in [7, 11) is 0. The summed E-state index contributed by atoms with van der Waals surface area (Å²) in [5.74, 6) is 1.56. The molecule has 0 aliphatic rings. The minimum absolute atomic E-state index is 0.212. The molecule has 0 saturated carbocycles. The first-order valence-corrected chi connectivity index (χ1v) is 6.95. The van der Waals surface area contributed by atoms with Crippen LogP contribution in [0.2, 0.25) is 0 Å². The van der Waals surface area contributed by atoms with E-state index in [1.807, 2.05) is 19.1 Å². The monoisotopic (exact) mass is 273 g/mol. The zero-order valence-corrected chi connectivity index (χ0v) is 12.2. The van der Waals surface area contributed by atoms with Gasteiger partial charge in [0.05, 0.1) is 0 Å². The number of nitrogens with zero attached hydrogens (tertiary/aromatic N) is 2. The van der Waals surface area contributed by atoms with Crippen molar-refractivity contribution in [2.45, 2.75) is 33.1 Å². The quantitative estimate of drug-likeness (QED) is 0.901. The van der Waals surface area contributed by atoms with Crippen molar-refractivity contribution < 1.29 is 4.39 Å². The minimum Gasteiger partial charge on any atom is -0.370 e. The summed E-state index contributed by atoms with van der Waals surface area (Å²) in [6, 6.07) is 8.71. The molecule has 0 spiro atoms. The van der Waals surface area contributed by atoms with Crippen molar-refractivity contribution in [2.75, 3.05) is 11.9 Å². The molecule has 0 unspecified atom stereocenters. The van der Waals surface area contributed by atoms with Crippen LogP contribution < -0.4 is 5.32 Å². The number of rotatable bonds is 5. The van der Waals surface area contributed by atoms with Crippen molar-refractivity contribution in [3.63, 3.8) is 0 Å². The van der Waals surface area contributed by atoms with E-state index in [2.05, 4.69) is 29.1 Å². The average molecular weight is 273 g/mol. The fourth-order valence-corrected chi connectivity index (χ4v) is 1.98. The number of nitrogens with one attached hydrogen (secondary N) is 1. The number of anilines is 1. The Morgan fingerprint density at radius 3 is 2.60 bits per heavy atom. The van der Waals surface area contributed by atoms with Crippen molar-refractivity contribution in [1.29, 1.82) is 0 Å². The zero-order chi connectivity index (χ0) is 14.5. The summed E-state index contributed by atoms with van der Waals surface area (Å²) in [4.78, 5) is 8.99. The van der Waals surface area contributed by atoms with Gasteiger partial charge in [0.25, 0.3) is 0 Å². The van der Waals surface area contributed by atoms with Crippen LogP contribution in [-0.4, -0.2) is 16.5 Å². The van der Waals surface area contributed by atoms with Gasteiger partial charge in [-0.2, -0.15) is 0 Å². The first-order valence-electron chi connectivity index (χ1n) is 6.95. The molecule has 1 N–H and O–H groups in total. The molecule has 20 heavy (non-hydrogen) atoms. The van der Waals surface area contributed by atoms with Crippen molar-refractivity contribution >= 4 is 5.82 Å². The van der Waals surface area contributed by atoms with E-state index in [0.717, 1.165) is 18.1 Å². The third kappa shape index (κ3) is 3.53. The maximum absolute atomic E-state index is 13.7. The summed E-state index contributed by atoms with van der Waals surface area (Å²) in [6.07, 6.45) is 0.408. The predicted molar refractivity (Wildman–Crippen MR) is 79.5 cm³/mol. The van der Waals surface area contributed by atoms with Gasteiger partial charge in [-0.05, 0) is 24.5 Å². The summed E-state index contributed by atoms with van der Waals surface area (Å²) in [5.41, 5.74) is 1.60. The molecule has 2 aromatic rings. The van der Waals surface area contributed by atoms with E-state index in [9.17, 15) is 4.39 Å². The minimum atomic E-state index is -0.212. The maximum atomic E-state index is 13.7. The molecule has 3 nitrogen and oxygen atoms in total. The molecule has 0 radical (unpaired) electrons. The Morgan fingerprint density at radius 1 is 1.20 bits per heavy atom. The Balaban J connectivity index is 2.33. The highest BCUT2D eigenvalue weighted by molar-refractivity contribution is 5.37. The lowest BCUT2D eigenvalue weighted by atomic mass is 10.1. The molecular weight excluding hydrogens is 253 g/mol. The van der Waals surface area contributed by atoms with E-state index in [4.69, 9.17) is 0 Å². The van der Waals surface area contributed by atoms with E-state index < -0.39 is 0 Å². The highest BCUT2D eigenvalue weighted by atomic mass is 19.1. The number of hydrogen-bond donors (Lipinski definition) is 1. The molecule has 106 valence electrons. The van der Waals surface area contributed by atoms with Crippen LogP contribution >= 0.6 is 0 Å². The summed E-state index contributed by atoms with van der Waals surface area (Å²) in [5, 5.41) is 3.20. The van der Waals surface area contributed by atoms with Gasteiger partial charge in [0.15, 0.2) is 0 Å². The number of benzene rings is 1. The number of aromatic nitrogens is 2. The Labute approximate surface area is 119 Å². The van der Waals surface area contributed by atoms with E-state index in [1.165, 1.54) is 6.07 Å². The molecule has 2 rings (SSSR count). The van der Waals surface area contributed by atoms with E-state index in [-0.39, 0.29) is 5.82 Å². The van der Waals surface area contributed by atoms with E-state index >= 15 is 0 Å². The van der Waals surface area contributed by atoms with Crippen molar-refractivity contribution in [3.05, 3.63) is 53.2 Å². The van der Waals surface area contributed by atoms with Gasteiger partial charge in [-0.3, -0.25) is 0 Å². The Hall–Kier alpha value is -1.97. The van der Waals surface area contributed by atoms with E-state index in [1.54, 1.807) is 12.1 Å². The summed E-state index contributed by atoms with van der Waals surface area (Å²) >= 11 is 0. The topological polar surface area (TPSA) is 37.8 Å². The first kappa shape index (κ1) is 14.4. The Bertz CT molecular complexity index is 582. The standard InChI is InChI=1S/C16H20FN3/c1-4-18-15-10-14(11(2)3)19-16(20-15)9-12-7-5-6-8-13(12)17/h5-8,10-11H,4,9H2,1-3H3,(H,18,19,20). The van der Waals surface area contributed by atoms with Crippen molar-refractivity contribution in [2.24, 2.45) is 0 Å². The lowest BCUT2D eigenvalue weighted by Gasteiger charge is -2.11. The van der Waals surface area contributed by atoms with Crippen LogP contribution in [0.4, 0.5) is 10.2 Å². The third-order valence-corrected chi connectivity index (χ3v) is 3.05. The van der Waals surface area contributed by atoms with Crippen LogP contribution in [0.5, 0.6) is 0 Å². The van der Waals surface area contributed by atoms with Crippen LogP contribution in [0.1, 0.15) is 43.8 Å². The van der Waals surface area contributed by atoms with E-state index in [0.29, 0.717) is 23.7 Å². The summed E-state index contributed by atoms with van der Waals surface area (Å²) in [6.45, 7) is 7.00. The molecule has 0 aliphatic carbocycles. The van der Waals surface area contributed by atoms with Crippen LogP contribution in [0.3, 0.4) is 0 Å². The van der Waals surface area contributed by atoms with Crippen molar-refractivity contribution in [1.82, 2.24) is 9.97 Å². The smallest absolute Gasteiger partial charge is 0.135 e. The van der Waals surface area contributed by atoms with Crippen LogP contribution in [-0.2, 0) is 6.42 Å². The Kier molecular flexibility index (Phi) is 4.66. The maximum Gasteiger partial charge on any atom is 0.135 e. The molecule has 0 bridgehead atoms. The predicted octanol–water partition coefficient (Wildman–Crippen LogP) is 3.76. The summed E-state index contributed by atoms with van der Waals surface area (Å²) < 4.78 is 13.7. The molecule has 0 atom stereocenters. The molecule has 0 saturated heterocycles. The lowest BCUT2D eigenvalue weighted by molar-refractivity contribution is 0.611. The molecule has 0 fully saturated rings. The fourth-order valence-electron chi connectivity index (χ4n) is 1.98. The molecular formula is C16H20FN3. The van der Waals surface area contributed by atoms with Crippen LogP contribution in [0, 0.1) is 5.82 Å². The normalized spacial score (nSPS) is 10.8. The highest BCUT2D eigenvalue weighted by Crippen LogP contribution is 2.18. The SMILES string of the molecule is CCNc1cc(C(C)C)nc(Cc2ccccc2F)n1. The lowest BCUT2D eigenvalue weighted by Crippen LogP contribution is -2.08. The average Bonchev–Trinajstić information content (AvgIpc) is 2.41. The molecule has 1 aromatic heterocycles. The zero-order valence-electron chi connectivity index (χ0n) is 12.2. The largest absolute Gasteiger partial charge is 0.370 e. The molecule has 4 heteroatoms. The molecule has 0 amide bonds. The van der Waals surface area contributed by atoms with Crippen LogP contribution in [0.15, 0.2) is 30.3 Å². The van der Waals surface area contributed by atoms with Gasteiger partial charge in [-0.25, -0.2) is 14.4 Å². The third-order valence-electron chi connectivity index (χ3n) is 3.05. The number of halogens is 1. The van der Waals surface area contributed by atoms with Gasteiger partial charge >= 0.3 is 0 Å². The second kappa shape index (κ2) is 6.46. The fraction of sp³-hybridized carbons (Fsp3) is 0.375. The number of hydrogen-bond acceptors (Lipinski definition) is 3. The molecule has 1 heterocycles. The highest BCUT2D eigenvalue weighted by Gasteiger charge is 2.10. The first-order chi connectivity index (χ1) is 9.60. The van der Waals surface area contributed by atoms with Gasteiger partial charge < -0.3 is 5.32 Å². The van der Waals surface area contributed by atoms with Gasteiger partial charge in [-0.15, -0.1) is 0 Å². The molecule has 0 aliphatic heterocycles. The van der Waals surface area contributed by atoms with Gasteiger partial charge in [0.2, 0.25) is 0 Å². The Morgan fingerprint density at radius 2 is 1.95 bits per heavy atom. The van der Waals surface area contributed by atoms with Gasteiger partial charge in [0, 0.05) is 24.7 Å². The van der Waals surface area contributed by atoms with Crippen LogP contribution in [0.25, 0.3) is 0 Å². The second-order valence-electron chi connectivity index (χ2n) is 5.05. The van der Waals surface area contributed by atoms with Crippen molar-refractivity contribution in [3.8, 4) is 0 Å². The molecule has 1 aromatic carbocycles. The second-order valence-corrected chi connectivity index (χ2v) is 5.05. The van der Waals surface area contributed by atoms with Gasteiger partial charge in [0.1, 0.15) is 17.5 Å². The van der Waals surface area contributed by atoms with Gasteiger partial charge in [-0.1, -0.05) is 32.0 Å².